The Labute approximate surface area is 127 Å². The molecular formula is C16H26N4O. The number of amides is 1. The summed E-state index contributed by atoms with van der Waals surface area (Å²) in [5, 5.41) is 0. The first kappa shape index (κ1) is 15.9. The molecule has 1 unspecified atom stereocenters. The van der Waals surface area contributed by atoms with Crippen molar-refractivity contribution in [3.8, 4) is 0 Å². The average molecular weight is 290 g/mol. The minimum Gasteiger partial charge on any atom is -0.302 e. The molecule has 0 saturated heterocycles. The van der Waals surface area contributed by atoms with Crippen LogP contribution >= 0.6 is 0 Å². The van der Waals surface area contributed by atoms with Gasteiger partial charge in [-0.2, -0.15) is 0 Å². The van der Waals surface area contributed by atoms with Crippen molar-refractivity contribution in [2.24, 2.45) is 5.84 Å². The first-order chi connectivity index (χ1) is 10.00. The second kappa shape index (κ2) is 6.56. The van der Waals surface area contributed by atoms with E-state index in [1.165, 1.54) is 19.3 Å². The van der Waals surface area contributed by atoms with Gasteiger partial charge in [0.2, 0.25) is 0 Å². The van der Waals surface area contributed by atoms with Crippen LogP contribution in [0.5, 0.6) is 0 Å². The molecule has 1 aliphatic carbocycles. The molecule has 0 spiro atoms. The maximum absolute atomic E-state index is 12.2. The number of nitrogens with two attached hydrogens (primary N) is 1. The summed E-state index contributed by atoms with van der Waals surface area (Å²) in [5.74, 6) is 5.21. The van der Waals surface area contributed by atoms with Gasteiger partial charge in [-0.05, 0) is 46.0 Å². The van der Waals surface area contributed by atoms with Crippen LogP contribution in [0.15, 0.2) is 30.3 Å². The molecule has 1 fully saturated rings. The Morgan fingerprint density at radius 3 is 2.33 bits per heavy atom. The molecule has 0 radical (unpaired) electrons. The molecule has 1 amide bonds. The van der Waals surface area contributed by atoms with Gasteiger partial charge in [0.05, 0.1) is 0 Å². The second-order valence-electron chi connectivity index (χ2n) is 6.21. The van der Waals surface area contributed by atoms with Crippen molar-refractivity contribution in [3.05, 3.63) is 35.9 Å². The van der Waals surface area contributed by atoms with Crippen LogP contribution in [0, 0.1) is 0 Å². The first-order valence-corrected chi connectivity index (χ1v) is 7.43. The van der Waals surface area contributed by atoms with E-state index < -0.39 is 0 Å². The van der Waals surface area contributed by atoms with Crippen LogP contribution in [-0.4, -0.2) is 48.9 Å². The summed E-state index contributed by atoms with van der Waals surface area (Å²) in [4.78, 5) is 16.6. The van der Waals surface area contributed by atoms with E-state index in [-0.39, 0.29) is 17.5 Å². The Morgan fingerprint density at radius 1 is 1.29 bits per heavy atom. The maximum Gasteiger partial charge on any atom is 0.255 e. The first-order valence-electron chi connectivity index (χ1n) is 7.43. The van der Waals surface area contributed by atoms with Gasteiger partial charge in [-0.1, -0.05) is 30.3 Å². The zero-order valence-corrected chi connectivity index (χ0v) is 13.2. The summed E-state index contributed by atoms with van der Waals surface area (Å²) < 4.78 is 0. The lowest BCUT2D eigenvalue weighted by molar-refractivity contribution is -0.127. The van der Waals surface area contributed by atoms with E-state index in [4.69, 9.17) is 5.84 Å². The van der Waals surface area contributed by atoms with Crippen molar-refractivity contribution in [1.82, 2.24) is 15.2 Å². The molecule has 2 rings (SSSR count). The van der Waals surface area contributed by atoms with Gasteiger partial charge in [-0.3, -0.25) is 15.1 Å². The summed E-state index contributed by atoms with van der Waals surface area (Å²) >= 11 is 0. The molecule has 3 N–H and O–H groups in total. The van der Waals surface area contributed by atoms with E-state index in [1.54, 1.807) is 0 Å². The fourth-order valence-electron chi connectivity index (χ4n) is 3.21. The molecule has 1 aromatic carbocycles. The van der Waals surface area contributed by atoms with Crippen LogP contribution in [0.3, 0.4) is 0 Å². The number of hydrogen-bond acceptors (Lipinski definition) is 4. The van der Waals surface area contributed by atoms with Crippen molar-refractivity contribution < 1.29 is 4.79 Å². The third-order valence-corrected chi connectivity index (χ3v) is 4.72. The lowest BCUT2D eigenvalue weighted by Crippen LogP contribution is -2.58. The second-order valence-corrected chi connectivity index (χ2v) is 6.21. The Hall–Kier alpha value is -1.43. The normalized spacial score (nSPS) is 18.4. The SMILES string of the molecule is CN(CC1(N(C)C)CCC1)C(C(=O)NN)c1ccccc1. The highest BCUT2D eigenvalue weighted by molar-refractivity contribution is 5.82. The average Bonchev–Trinajstić information content (AvgIpc) is 2.43. The van der Waals surface area contributed by atoms with E-state index >= 15 is 0 Å². The minimum absolute atomic E-state index is 0.170. The molecule has 0 aliphatic heterocycles. The van der Waals surface area contributed by atoms with Crippen LogP contribution in [0.2, 0.25) is 0 Å². The number of carbonyl (C=O) groups is 1. The van der Waals surface area contributed by atoms with Crippen LogP contribution in [-0.2, 0) is 4.79 Å². The van der Waals surface area contributed by atoms with E-state index in [0.717, 1.165) is 12.1 Å². The van der Waals surface area contributed by atoms with Crippen molar-refractivity contribution in [2.45, 2.75) is 30.8 Å². The van der Waals surface area contributed by atoms with Crippen LogP contribution < -0.4 is 11.3 Å². The van der Waals surface area contributed by atoms with Crippen LogP contribution in [0.4, 0.5) is 0 Å². The molecule has 1 atom stereocenters. The predicted octanol–water partition coefficient (Wildman–Crippen LogP) is 1.13. The van der Waals surface area contributed by atoms with Crippen molar-refractivity contribution >= 4 is 5.91 Å². The Bertz CT molecular complexity index is 470. The Morgan fingerprint density at radius 2 is 1.90 bits per heavy atom. The third kappa shape index (κ3) is 3.26. The molecule has 116 valence electrons. The molecule has 5 nitrogen and oxygen atoms in total. The molecule has 1 saturated carbocycles. The largest absolute Gasteiger partial charge is 0.302 e. The maximum atomic E-state index is 12.2. The van der Waals surface area contributed by atoms with Gasteiger partial charge in [0.25, 0.3) is 5.91 Å². The topological polar surface area (TPSA) is 61.6 Å². The molecule has 0 heterocycles. The highest BCUT2D eigenvalue weighted by atomic mass is 16.2. The highest BCUT2D eigenvalue weighted by Gasteiger charge is 2.41. The predicted molar refractivity (Wildman–Crippen MR) is 84.4 cm³/mol. The molecule has 21 heavy (non-hydrogen) atoms. The van der Waals surface area contributed by atoms with Gasteiger partial charge in [-0.25, -0.2) is 5.84 Å². The quantitative estimate of drug-likeness (QED) is 0.468. The number of nitrogens with one attached hydrogen (secondary N) is 1. The van der Waals surface area contributed by atoms with Crippen molar-refractivity contribution in [2.75, 3.05) is 27.7 Å². The van der Waals surface area contributed by atoms with Gasteiger partial charge in [-0.15, -0.1) is 0 Å². The van der Waals surface area contributed by atoms with Gasteiger partial charge < -0.3 is 4.90 Å². The summed E-state index contributed by atoms with van der Waals surface area (Å²) in [6, 6.07) is 9.44. The summed E-state index contributed by atoms with van der Waals surface area (Å²) in [6.07, 6.45) is 3.61. The van der Waals surface area contributed by atoms with Gasteiger partial charge in [0.1, 0.15) is 6.04 Å². The number of hydrazine groups is 1. The number of nitrogens with zero attached hydrogens (tertiary/aromatic N) is 2. The van der Waals surface area contributed by atoms with Crippen LogP contribution in [0.1, 0.15) is 30.9 Å². The summed E-state index contributed by atoms with van der Waals surface area (Å²) in [6.45, 7) is 0.854. The Balaban J connectivity index is 2.19. The number of hydrogen-bond donors (Lipinski definition) is 2. The summed E-state index contributed by atoms with van der Waals surface area (Å²) in [7, 11) is 6.23. The lowest BCUT2D eigenvalue weighted by atomic mass is 9.75. The standard InChI is InChI=1S/C16H26N4O/c1-19(2)16(10-7-11-16)12-20(3)14(15(21)18-17)13-8-5-4-6-9-13/h4-6,8-9,14H,7,10-12,17H2,1-3H3,(H,18,21). The number of carbonyl (C=O) groups excluding carboxylic acids is 1. The van der Waals surface area contributed by atoms with E-state index in [9.17, 15) is 4.79 Å². The van der Waals surface area contributed by atoms with Gasteiger partial charge in [0.15, 0.2) is 0 Å². The van der Waals surface area contributed by atoms with E-state index in [2.05, 4.69) is 29.3 Å². The fraction of sp³-hybridized carbons (Fsp3) is 0.562. The number of rotatable bonds is 6. The number of likely N-dealkylation sites (N-methyl/N-ethyl adjacent to an activating group) is 2. The lowest BCUT2D eigenvalue weighted by Gasteiger charge is -2.50. The smallest absolute Gasteiger partial charge is 0.255 e. The monoisotopic (exact) mass is 290 g/mol. The third-order valence-electron chi connectivity index (χ3n) is 4.72. The van der Waals surface area contributed by atoms with E-state index in [0.29, 0.717) is 0 Å². The Kier molecular flexibility index (Phi) is 4.98. The van der Waals surface area contributed by atoms with Gasteiger partial charge >= 0.3 is 0 Å². The van der Waals surface area contributed by atoms with Crippen LogP contribution in [0.25, 0.3) is 0 Å². The van der Waals surface area contributed by atoms with E-state index in [1.807, 2.05) is 37.4 Å². The molecule has 0 aromatic heterocycles. The van der Waals surface area contributed by atoms with Crippen molar-refractivity contribution in [3.63, 3.8) is 0 Å². The van der Waals surface area contributed by atoms with Gasteiger partial charge in [0, 0.05) is 12.1 Å². The molecule has 0 bridgehead atoms. The zero-order chi connectivity index (χ0) is 15.5. The number of benzene rings is 1. The van der Waals surface area contributed by atoms with Crippen molar-refractivity contribution in [1.29, 1.82) is 0 Å². The minimum atomic E-state index is -0.353. The summed E-state index contributed by atoms with van der Waals surface area (Å²) in [5.41, 5.74) is 3.45. The zero-order valence-electron chi connectivity index (χ0n) is 13.2. The fourth-order valence-corrected chi connectivity index (χ4v) is 3.21. The highest BCUT2D eigenvalue weighted by Crippen LogP contribution is 2.38. The molecule has 1 aromatic rings. The molecule has 1 aliphatic rings. The molecule has 5 heteroatoms. The molecular weight excluding hydrogens is 264 g/mol.